The summed E-state index contributed by atoms with van der Waals surface area (Å²) in [6.45, 7) is 6.71. The third-order valence-electron chi connectivity index (χ3n) is 5.57. The van der Waals surface area contributed by atoms with Crippen molar-refractivity contribution in [2.24, 2.45) is 0 Å². The molecule has 0 radical (unpaired) electrons. The molecule has 4 rings (SSSR count). The first-order chi connectivity index (χ1) is 16.5. The van der Waals surface area contributed by atoms with E-state index >= 15 is 0 Å². The second kappa shape index (κ2) is 9.94. The summed E-state index contributed by atoms with van der Waals surface area (Å²) in [5, 5.41) is 19.1. The number of nitrogens with one attached hydrogen (secondary N) is 1. The maximum Gasteiger partial charge on any atom is 0.161 e. The highest BCUT2D eigenvalue weighted by molar-refractivity contribution is 5.90. The van der Waals surface area contributed by atoms with Crippen LogP contribution in [0.4, 0.5) is 0 Å². The number of hydrogen-bond donors (Lipinski definition) is 1. The Morgan fingerprint density at radius 1 is 1.00 bits per heavy atom. The van der Waals surface area contributed by atoms with Gasteiger partial charge in [-0.05, 0) is 73.9 Å². The van der Waals surface area contributed by atoms with E-state index in [9.17, 15) is 10.5 Å². The summed E-state index contributed by atoms with van der Waals surface area (Å²) in [5.74, 6) is 1.66. The van der Waals surface area contributed by atoms with Crippen molar-refractivity contribution in [3.05, 3.63) is 88.2 Å². The van der Waals surface area contributed by atoms with E-state index in [1.165, 1.54) is 5.56 Å². The summed E-state index contributed by atoms with van der Waals surface area (Å²) in [6, 6.07) is 21.3. The Morgan fingerprint density at radius 3 is 2.56 bits per heavy atom. The highest BCUT2D eigenvalue weighted by Crippen LogP contribution is 2.31. The Hall–Kier alpha value is -4.55. The number of fused-ring (bicyclic) bond motifs is 1. The molecular weight excluding hydrogens is 424 g/mol. The highest BCUT2D eigenvalue weighted by atomic mass is 16.5. The molecule has 0 aliphatic carbocycles. The Kier molecular flexibility index (Phi) is 6.62. The molecule has 1 N–H and O–H groups in total. The van der Waals surface area contributed by atoms with E-state index in [0.717, 1.165) is 27.7 Å². The molecule has 0 unspecified atom stereocenters. The van der Waals surface area contributed by atoms with Gasteiger partial charge in [0.25, 0.3) is 0 Å². The highest BCUT2D eigenvalue weighted by Gasteiger charge is 2.12. The maximum atomic E-state index is 9.80. The Bertz CT molecular complexity index is 1430. The van der Waals surface area contributed by atoms with Gasteiger partial charge in [-0.2, -0.15) is 10.5 Å². The first-order valence-corrected chi connectivity index (χ1v) is 11.0. The number of hydrogen-bond acceptors (Lipinski definition) is 5. The molecule has 0 aliphatic heterocycles. The third-order valence-corrected chi connectivity index (χ3v) is 5.57. The topological polar surface area (TPSA) is 94.7 Å². The zero-order valence-electron chi connectivity index (χ0n) is 19.3. The fourth-order valence-corrected chi connectivity index (χ4v) is 3.63. The number of ether oxygens (including phenoxy) is 2. The Morgan fingerprint density at radius 2 is 1.79 bits per heavy atom. The molecule has 0 bridgehead atoms. The van der Waals surface area contributed by atoms with E-state index in [0.29, 0.717) is 35.1 Å². The molecule has 0 aliphatic rings. The molecule has 0 saturated heterocycles. The lowest BCUT2D eigenvalue weighted by Gasteiger charge is -2.13. The minimum absolute atomic E-state index is 0.250. The number of rotatable bonds is 7. The van der Waals surface area contributed by atoms with Gasteiger partial charge in [0.15, 0.2) is 11.5 Å². The fourth-order valence-electron chi connectivity index (χ4n) is 3.63. The summed E-state index contributed by atoms with van der Waals surface area (Å²) < 4.78 is 11.8. The van der Waals surface area contributed by atoms with Crippen molar-refractivity contribution in [2.45, 2.75) is 27.4 Å². The standard InChI is InChI=1S/C28H24N4O2/c1-4-33-27-14-20(9-10-26(27)34-17-22-8-6-5-7-21(22)15-29)13-23(16-30)28-31-24-11-18(2)19(3)12-25(24)32-28/h5-14H,4,17H2,1-3H3,(H,31,32)/b23-13+. The van der Waals surface area contributed by atoms with Gasteiger partial charge in [0.2, 0.25) is 0 Å². The van der Waals surface area contributed by atoms with E-state index in [1.807, 2.05) is 69.3 Å². The second-order valence-electron chi connectivity index (χ2n) is 7.91. The predicted octanol–water partition coefficient (Wildman–Crippen LogP) is 6.09. The van der Waals surface area contributed by atoms with Gasteiger partial charge in [0, 0.05) is 5.56 Å². The zero-order chi connectivity index (χ0) is 24.1. The van der Waals surface area contributed by atoms with E-state index in [-0.39, 0.29) is 6.61 Å². The Labute approximate surface area is 198 Å². The van der Waals surface area contributed by atoms with Crippen molar-refractivity contribution < 1.29 is 9.47 Å². The van der Waals surface area contributed by atoms with Crippen LogP contribution in [0.15, 0.2) is 54.6 Å². The number of benzene rings is 3. The van der Waals surface area contributed by atoms with E-state index in [4.69, 9.17) is 9.47 Å². The van der Waals surface area contributed by atoms with Crippen molar-refractivity contribution in [2.75, 3.05) is 6.61 Å². The number of nitriles is 2. The van der Waals surface area contributed by atoms with E-state index in [2.05, 4.69) is 22.1 Å². The van der Waals surface area contributed by atoms with E-state index in [1.54, 1.807) is 12.1 Å². The molecule has 6 nitrogen and oxygen atoms in total. The number of aromatic amines is 1. The first kappa shape index (κ1) is 22.6. The smallest absolute Gasteiger partial charge is 0.161 e. The summed E-state index contributed by atoms with van der Waals surface area (Å²) in [7, 11) is 0. The molecule has 0 saturated carbocycles. The Balaban J connectivity index is 1.63. The number of allylic oxidation sites excluding steroid dienone is 1. The molecule has 4 aromatic rings. The van der Waals surface area contributed by atoms with Crippen LogP contribution < -0.4 is 9.47 Å². The summed E-state index contributed by atoms with van der Waals surface area (Å²) in [6.07, 6.45) is 1.77. The summed E-state index contributed by atoms with van der Waals surface area (Å²) in [5.41, 5.74) is 6.64. The van der Waals surface area contributed by atoms with Crippen LogP contribution in [-0.4, -0.2) is 16.6 Å². The predicted molar refractivity (Wildman–Crippen MR) is 132 cm³/mol. The van der Waals surface area contributed by atoms with Gasteiger partial charge < -0.3 is 14.5 Å². The van der Waals surface area contributed by atoms with E-state index < -0.39 is 0 Å². The van der Waals surface area contributed by atoms with Gasteiger partial charge in [-0.1, -0.05) is 24.3 Å². The van der Waals surface area contributed by atoms with Crippen LogP contribution in [0.2, 0.25) is 0 Å². The van der Waals surface area contributed by atoms with Gasteiger partial charge in [0.05, 0.1) is 34.8 Å². The molecule has 6 heteroatoms. The van der Waals surface area contributed by atoms with Gasteiger partial charge in [0.1, 0.15) is 18.5 Å². The lowest BCUT2D eigenvalue weighted by Crippen LogP contribution is -2.01. The van der Waals surface area contributed by atoms with Crippen LogP contribution in [0.25, 0.3) is 22.7 Å². The number of aromatic nitrogens is 2. The maximum absolute atomic E-state index is 9.80. The second-order valence-corrected chi connectivity index (χ2v) is 7.91. The first-order valence-electron chi connectivity index (χ1n) is 11.0. The molecule has 168 valence electrons. The van der Waals surface area contributed by atoms with Crippen LogP contribution in [-0.2, 0) is 6.61 Å². The largest absolute Gasteiger partial charge is 0.490 e. The SMILES string of the molecule is CCOc1cc(/C=C(\C#N)c2nc3cc(C)c(C)cc3[nH]2)ccc1OCc1ccccc1C#N. The van der Waals surface area contributed by atoms with Crippen molar-refractivity contribution in [3.8, 4) is 23.6 Å². The molecule has 3 aromatic carbocycles. The normalized spacial score (nSPS) is 11.1. The van der Waals surface area contributed by atoms with Crippen molar-refractivity contribution >= 4 is 22.7 Å². The number of nitrogens with zero attached hydrogens (tertiary/aromatic N) is 3. The lowest BCUT2D eigenvalue weighted by atomic mass is 10.1. The number of H-pyrrole nitrogens is 1. The quantitative estimate of drug-likeness (QED) is 0.345. The summed E-state index contributed by atoms with van der Waals surface area (Å²) in [4.78, 5) is 7.86. The van der Waals surface area contributed by atoms with Crippen LogP contribution in [0.5, 0.6) is 11.5 Å². The summed E-state index contributed by atoms with van der Waals surface area (Å²) >= 11 is 0. The van der Waals surface area contributed by atoms with Gasteiger partial charge in [-0.25, -0.2) is 4.98 Å². The van der Waals surface area contributed by atoms with Crippen molar-refractivity contribution in [3.63, 3.8) is 0 Å². The molecule has 1 aromatic heterocycles. The van der Waals surface area contributed by atoms with Gasteiger partial charge >= 0.3 is 0 Å². The minimum Gasteiger partial charge on any atom is -0.490 e. The molecule has 34 heavy (non-hydrogen) atoms. The lowest BCUT2D eigenvalue weighted by molar-refractivity contribution is 0.269. The zero-order valence-corrected chi connectivity index (χ0v) is 19.3. The van der Waals surface area contributed by atoms with Gasteiger partial charge in [-0.3, -0.25) is 0 Å². The van der Waals surface area contributed by atoms with Crippen molar-refractivity contribution in [1.82, 2.24) is 9.97 Å². The van der Waals surface area contributed by atoms with Gasteiger partial charge in [-0.15, -0.1) is 0 Å². The van der Waals surface area contributed by atoms with Crippen LogP contribution in [0, 0.1) is 36.5 Å². The molecule has 0 fully saturated rings. The van der Waals surface area contributed by atoms with Crippen LogP contribution >= 0.6 is 0 Å². The minimum atomic E-state index is 0.250. The molecule has 1 heterocycles. The monoisotopic (exact) mass is 448 g/mol. The fraction of sp³-hybridized carbons (Fsp3) is 0.179. The van der Waals surface area contributed by atoms with Crippen LogP contribution in [0.3, 0.4) is 0 Å². The third kappa shape index (κ3) is 4.77. The molecule has 0 amide bonds. The van der Waals surface area contributed by atoms with Crippen molar-refractivity contribution in [1.29, 1.82) is 10.5 Å². The average molecular weight is 449 g/mol. The average Bonchev–Trinajstić information content (AvgIpc) is 3.25. The number of imidazole rings is 1. The molecule has 0 spiro atoms. The van der Waals surface area contributed by atoms with Crippen LogP contribution in [0.1, 0.15) is 40.6 Å². The molecular formula is C28H24N4O2. The number of aryl methyl sites for hydroxylation is 2. The molecule has 0 atom stereocenters.